The van der Waals surface area contributed by atoms with Crippen LogP contribution in [0.15, 0.2) is 24.3 Å². The smallest absolute Gasteiger partial charge is 0.396 e. The van der Waals surface area contributed by atoms with Gasteiger partial charge in [-0.3, -0.25) is 4.79 Å². The fourth-order valence-corrected chi connectivity index (χ4v) is 5.76. The zero-order valence-electron chi connectivity index (χ0n) is 23.1. The number of carbonyl (C=O) groups is 1. The van der Waals surface area contributed by atoms with E-state index in [2.05, 4.69) is 9.97 Å². The Labute approximate surface area is 235 Å². The van der Waals surface area contributed by atoms with Crippen molar-refractivity contribution in [2.45, 2.75) is 70.6 Å². The number of halogens is 6. The minimum atomic E-state index is -4.72. The van der Waals surface area contributed by atoms with Gasteiger partial charge in [-0.1, -0.05) is 6.07 Å². The number of Topliss-reactive ketones (excluding diaryl/α,β-unsaturated/α-hetero) is 1. The number of alkyl halides is 6. The van der Waals surface area contributed by atoms with Crippen LogP contribution in [0.25, 0.3) is 0 Å². The number of carbonyl (C=O) groups excluding carboxylic acids is 1. The second-order valence-corrected chi connectivity index (χ2v) is 11.1. The average Bonchev–Trinajstić information content (AvgIpc) is 2.93. The molecule has 1 aromatic heterocycles. The summed E-state index contributed by atoms with van der Waals surface area (Å²) >= 11 is 0. The summed E-state index contributed by atoms with van der Waals surface area (Å²) in [6.07, 6.45) is -4.51. The molecule has 1 aromatic carbocycles. The molecular formula is C29H36F6N4O2. The molecule has 2 aromatic rings. The van der Waals surface area contributed by atoms with Crippen LogP contribution in [0, 0.1) is 18.8 Å². The van der Waals surface area contributed by atoms with Crippen molar-refractivity contribution in [3.05, 3.63) is 46.8 Å². The molecule has 2 saturated heterocycles. The number of hydrogen-bond acceptors (Lipinski definition) is 6. The molecule has 0 saturated carbocycles. The molecule has 12 heteroatoms. The predicted octanol–water partition coefficient (Wildman–Crippen LogP) is 6.23. The minimum Gasteiger partial charge on any atom is -0.396 e. The number of aliphatic hydroxyl groups is 1. The third kappa shape index (κ3) is 8.11. The van der Waals surface area contributed by atoms with Crippen LogP contribution in [0.4, 0.5) is 38.0 Å². The fraction of sp³-hybridized carbons (Fsp3) is 0.621. The summed E-state index contributed by atoms with van der Waals surface area (Å²) in [6, 6.07) is 5.18. The lowest BCUT2D eigenvalue weighted by Gasteiger charge is -2.35. The summed E-state index contributed by atoms with van der Waals surface area (Å²) < 4.78 is 80.0. The molecule has 6 nitrogen and oxygen atoms in total. The van der Waals surface area contributed by atoms with Gasteiger partial charge in [0.25, 0.3) is 0 Å². The molecule has 0 amide bonds. The Bertz CT molecular complexity index is 1190. The van der Waals surface area contributed by atoms with Crippen molar-refractivity contribution in [3.8, 4) is 0 Å². The maximum Gasteiger partial charge on any atom is 0.451 e. The van der Waals surface area contributed by atoms with Crippen LogP contribution in [0.3, 0.4) is 0 Å². The van der Waals surface area contributed by atoms with Crippen molar-refractivity contribution in [3.63, 3.8) is 0 Å². The summed E-state index contributed by atoms with van der Waals surface area (Å²) in [6.45, 7) is 3.51. The van der Waals surface area contributed by atoms with Crippen LogP contribution in [0.2, 0.25) is 0 Å². The van der Waals surface area contributed by atoms with E-state index in [-0.39, 0.29) is 42.9 Å². The molecule has 0 unspecified atom stereocenters. The summed E-state index contributed by atoms with van der Waals surface area (Å²) in [5, 5.41) is 9.19. The summed E-state index contributed by atoms with van der Waals surface area (Å²) in [4.78, 5) is 24.3. The maximum absolute atomic E-state index is 13.7. The number of piperidine rings is 2. The molecule has 1 N–H and O–H groups in total. The van der Waals surface area contributed by atoms with Gasteiger partial charge in [0.15, 0.2) is 0 Å². The standard InChI is InChI=1S/C29H36F6N4O2/c1-19-16-23(28(30,31)32)8-7-21(19)4-2-6-24(41)22-5-3-12-39(18-22)26-17-25(36-27(37-26)29(33,34)35)38-13-9-20(10-14-38)11-15-40/h7-8,16-17,20,22,40H,2-6,9-15,18H2,1H3/t22-/m1/s1. The Hall–Kier alpha value is -2.89. The number of anilines is 2. The Balaban J connectivity index is 1.40. The number of ketones is 1. The summed E-state index contributed by atoms with van der Waals surface area (Å²) in [5.74, 6) is -0.877. The Kier molecular flexibility index (Phi) is 9.81. The van der Waals surface area contributed by atoms with E-state index < -0.39 is 23.7 Å². The normalized spacial score (nSPS) is 19.1. The molecule has 2 aliphatic heterocycles. The van der Waals surface area contributed by atoms with Crippen LogP contribution in [-0.2, 0) is 23.6 Å². The largest absolute Gasteiger partial charge is 0.451 e. The lowest BCUT2D eigenvalue weighted by Crippen LogP contribution is -2.40. The molecular weight excluding hydrogens is 550 g/mol. The SMILES string of the molecule is Cc1cc(C(F)(F)F)ccc1CCCC(=O)[C@@H]1CCCN(c2cc(N3CCC(CCO)CC3)nc(C(F)(F)F)n2)C1. The quantitative estimate of drug-likeness (QED) is 0.352. The van der Waals surface area contributed by atoms with E-state index in [1.807, 2.05) is 4.90 Å². The van der Waals surface area contributed by atoms with Crippen LogP contribution >= 0.6 is 0 Å². The molecule has 0 radical (unpaired) electrons. The summed E-state index contributed by atoms with van der Waals surface area (Å²) in [5.41, 5.74) is 0.572. The van der Waals surface area contributed by atoms with Crippen molar-refractivity contribution in [2.75, 3.05) is 42.6 Å². The number of aliphatic hydroxyl groups excluding tert-OH is 1. The van der Waals surface area contributed by atoms with Gasteiger partial charge in [0.1, 0.15) is 17.4 Å². The van der Waals surface area contributed by atoms with E-state index in [0.29, 0.717) is 63.2 Å². The van der Waals surface area contributed by atoms with E-state index >= 15 is 0 Å². The number of aromatic nitrogens is 2. The summed E-state index contributed by atoms with van der Waals surface area (Å²) in [7, 11) is 0. The highest BCUT2D eigenvalue weighted by atomic mass is 19.4. The number of benzene rings is 1. The molecule has 3 heterocycles. The highest BCUT2D eigenvalue weighted by Gasteiger charge is 2.37. The van der Waals surface area contributed by atoms with Crippen LogP contribution in [0.5, 0.6) is 0 Å². The average molecular weight is 587 g/mol. The van der Waals surface area contributed by atoms with Crippen LogP contribution in [-0.4, -0.2) is 53.6 Å². The van der Waals surface area contributed by atoms with E-state index in [0.717, 1.165) is 30.5 Å². The fourth-order valence-electron chi connectivity index (χ4n) is 5.76. The Morgan fingerprint density at radius 2 is 1.63 bits per heavy atom. The van der Waals surface area contributed by atoms with Crippen LogP contribution < -0.4 is 9.80 Å². The topological polar surface area (TPSA) is 69.6 Å². The van der Waals surface area contributed by atoms with Crippen molar-refractivity contribution in [1.29, 1.82) is 0 Å². The molecule has 2 aliphatic rings. The van der Waals surface area contributed by atoms with E-state index in [9.17, 15) is 36.2 Å². The van der Waals surface area contributed by atoms with Gasteiger partial charge in [0, 0.05) is 51.2 Å². The zero-order valence-corrected chi connectivity index (χ0v) is 23.1. The van der Waals surface area contributed by atoms with Gasteiger partial charge in [0.05, 0.1) is 5.56 Å². The first-order valence-corrected chi connectivity index (χ1v) is 14.1. The third-order valence-electron chi connectivity index (χ3n) is 8.17. The van der Waals surface area contributed by atoms with Crippen molar-refractivity contribution < 1.29 is 36.2 Å². The van der Waals surface area contributed by atoms with Gasteiger partial charge < -0.3 is 14.9 Å². The molecule has 41 heavy (non-hydrogen) atoms. The Morgan fingerprint density at radius 3 is 2.24 bits per heavy atom. The monoisotopic (exact) mass is 586 g/mol. The van der Waals surface area contributed by atoms with Gasteiger partial charge in [-0.2, -0.15) is 26.3 Å². The van der Waals surface area contributed by atoms with Gasteiger partial charge in [-0.05, 0) is 81.0 Å². The van der Waals surface area contributed by atoms with Crippen molar-refractivity contribution >= 4 is 17.4 Å². The second kappa shape index (κ2) is 13.0. The first-order chi connectivity index (χ1) is 19.3. The highest BCUT2D eigenvalue weighted by Crippen LogP contribution is 2.34. The predicted molar refractivity (Wildman–Crippen MR) is 143 cm³/mol. The molecule has 226 valence electrons. The van der Waals surface area contributed by atoms with Gasteiger partial charge in [-0.25, -0.2) is 9.97 Å². The minimum absolute atomic E-state index is 0.00413. The number of hydrogen-bond donors (Lipinski definition) is 1. The lowest BCUT2D eigenvalue weighted by atomic mass is 9.90. The Morgan fingerprint density at radius 1 is 0.951 bits per heavy atom. The molecule has 4 rings (SSSR count). The number of rotatable bonds is 9. The zero-order chi connectivity index (χ0) is 29.8. The molecule has 0 spiro atoms. The van der Waals surface area contributed by atoms with E-state index in [1.165, 1.54) is 6.07 Å². The van der Waals surface area contributed by atoms with Crippen molar-refractivity contribution in [2.24, 2.45) is 11.8 Å². The van der Waals surface area contributed by atoms with Gasteiger partial charge in [-0.15, -0.1) is 0 Å². The molecule has 1 atom stereocenters. The third-order valence-corrected chi connectivity index (χ3v) is 8.17. The van der Waals surface area contributed by atoms with E-state index in [1.54, 1.807) is 17.9 Å². The lowest BCUT2D eigenvalue weighted by molar-refractivity contribution is -0.145. The number of aryl methyl sites for hydroxylation is 2. The van der Waals surface area contributed by atoms with Crippen LogP contribution in [0.1, 0.15) is 67.5 Å². The second-order valence-electron chi connectivity index (χ2n) is 11.1. The molecule has 0 aliphatic carbocycles. The van der Waals surface area contributed by atoms with Gasteiger partial charge in [0.2, 0.25) is 5.82 Å². The highest BCUT2D eigenvalue weighted by molar-refractivity contribution is 5.81. The van der Waals surface area contributed by atoms with Gasteiger partial charge >= 0.3 is 12.4 Å². The van der Waals surface area contributed by atoms with Crippen molar-refractivity contribution in [1.82, 2.24) is 9.97 Å². The molecule has 2 fully saturated rings. The maximum atomic E-state index is 13.7. The number of nitrogens with zero attached hydrogens (tertiary/aromatic N) is 4. The first kappa shape index (κ1) is 31.1. The molecule has 0 bridgehead atoms. The van der Waals surface area contributed by atoms with E-state index in [4.69, 9.17) is 0 Å². The first-order valence-electron chi connectivity index (χ1n) is 14.1.